The lowest BCUT2D eigenvalue weighted by molar-refractivity contribution is 0.0946. The van der Waals surface area contributed by atoms with Crippen LogP contribution in [0.5, 0.6) is 11.5 Å². The Morgan fingerprint density at radius 3 is 2.50 bits per heavy atom. The molecule has 0 radical (unpaired) electrons. The molecule has 0 saturated carbocycles. The number of benzene rings is 2. The fraction of sp³-hybridized carbons (Fsp3) is 0.190. The van der Waals surface area contributed by atoms with E-state index < -0.39 is 0 Å². The minimum Gasteiger partial charge on any atom is -0.497 e. The Hall–Kier alpha value is -3.61. The first kappa shape index (κ1) is 19.2. The van der Waals surface area contributed by atoms with Crippen molar-refractivity contribution in [3.63, 3.8) is 0 Å². The van der Waals surface area contributed by atoms with Gasteiger partial charge in [-0.1, -0.05) is 30.3 Å². The van der Waals surface area contributed by atoms with E-state index in [9.17, 15) is 4.79 Å². The number of nitrogens with zero attached hydrogens (tertiary/aromatic N) is 2. The molecule has 7 heteroatoms. The molecule has 144 valence electrons. The average molecular weight is 378 g/mol. The number of hydrogen-bond acceptors (Lipinski definition) is 6. The number of ether oxygens (including phenoxy) is 2. The molecule has 1 aromatic heterocycles. The lowest BCUT2D eigenvalue weighted by Gasteiger charge is -2.09. The monoisotopic (exact) mass is 378 g/mol. The first-order valence-corrected chi connectivity index (χ1v) is 8.90. The van der Waals surface area contributed by atoms with Gasteiger partial charge in [0.05, 0.1) is 13.7 Å². The van der Waals surface area contributed by atoms with Crippen LogP contribution in [0.1, 0.15) is 16.1 Å². The molecular formula is C21H22N4O3. The Balaban J connectivity index is 1.45. The Labute approximate surface area is 163 Å². The number of hydrogen-bond donors (Lipinski definition) is 2. The molecule has 0 aliphatic carbocycles. The van der Waals surface area contributed by atoms with E-state index >= 15 is 0 Å². The van der Waals surface area contributed by atoms with E-state index in [1.165, 1.54) is 0 Å². The van der Waals surface area contributed by atoms with Crippen molar-refractivity contribution in [3.8, 4) is 11.5 Å². The molecule has 3 rings (SSSR count). The molecular weight excluding hydrogens is 356 g/mol. The molecule has 0 unspecified atom stereocenters. The first-order chi connectivity index (χ1) is 13.7. The largest absolute Gasteiger partial charge is 0.497 e. The maximum atomic E-state index is 12.3. The minimum absolute atomic E-state index is 0.246. The maximum absolute atomic E-state index is 12.3. The molecule has 0 aliphatic heterocycles. The van der Waals surface area contributed by atoms with Crippen molar-refractivity contribution in [3.05, 3.63) is 78.1 Å². The molecule has 28 heavy (non-hydrogen) atoms. The van der Waals surface area contributed by atoms with Crippen LogP contribution in [-0.4, -0.2) is 36.1 Å². The van der Waals surface area contributed by atoms with Gasteiger partial charge in [-0.25, -0.2) is 9.97 Å². The van der Waals surface area contributed by atoms with E-state index in [0.717, 1.165) is 17.1 Å². The molecule has 1 amide bonds. The van der Waals surface area contributed by atoms with Crippen LogP contribution >= 0.6 is 0 Å². The summed E-state index contributed by atoms with van der Waals surface area (Å²) in [5.41, 5.74) is 1.34. The third kappa shape index (κ3) is 5.70. The van der Waals surface area contributed by atoms with Crippen molar-refractivity contribution in [1.29, 1.82) is 0 Å². The summed E-state index contributed by atoms with van der Waals surface area (Å²) < 4.78 is 10.7. The van der Waals surface area contributed by atoms with Crippen molar-refractivity contribution in [2.45, 2.75) is 6.54 Å². The van der Waals surface area contributed by atoms with Crippen LogP contribution in [-0.2, 0) is 6.54 Å². The minimum atomic E-state index is -0.246. The van der Waals surface area contributed by atoms with E-state index in [1.807, 2.05) is 54.6 Å². The summed E-state index contributed by atoms with van der Waals surface area (Å²) in [6.45, 7) is 1.38. The van der Waals surface area contributed by atoms with Gasteiger partial charge < -0.3 is 20.1 Å². The summed E-state index contributed by atoms with van der Waals surface area (Å²) in [7, 11) is 1.62. The number of carbonyl (C=O) groups excluding carboxylic acids is 1. The number of nitrogens with one attached hydrogen (secondary N) is 2. The third-order valence-electron chi connectivity index (χ3n) is 3.90. The zero-order valence-corrected chi connectivity index (χ0v) is 15.6. The fourth-order valence-electron chi connectivity index (χ4n) is 2.44. The number of rotatable bonds is 9. The van der Waals surface area contributed by atoms with Gasteiger partial charge in [0, 0.05) is 12.7 Å². The van der Waals surface area contributed by atoms with E-state index in [4.69, 9.17) is 9.47 Å². The maximum Gasteiger partial charge on any atom is 0.270 e. The topological polar surface area (TPSA) is 85.4 Å². The average Bonchev–Trinajstić information content (AvgIpc) is 2.76. The van der Waals surface area contributed by atoms with Crippen molar-refractivity contribution < 1.29 is 14.3 Å². The van der Waals surface area contributed by atoms with Crippen LogP contribution in [0.3, 0.4) is 0 Å². The third-order valence-corrected chi connectivity index (χ3v) is 3.90. The van der Waals surface area contributed by atoms with Crippen molar-refractivity contribution in [1.82, 2.24) is 15.3 Å². The molecule has 7 nitrogen and oxygen atoms in total. The Kier molecular flexibility index (Phi) is 6.78. The van der Waals surface area contributed by atoms with Crippen LogP contribution < -0.4 is 20.1 Å². The molecule has 0 aliphatic rings. The van der Waals surface area contributed by atoms with E-state index in [-0.39, 0.29) is 5.91 Å². The van der Waals surface area contributed by atoms with Gasteiger partial charge in [-0.2, -0.15) is 0 Å². The molecule has 1 heterocycles. The van der Waals surface area contributed by atoms with E-state index in [0.29, 0.717) is 31.3 Å². The Morgan fingerprint density at radius 1 is 1.00 bits per heavy atom. The number of aromatic nitrogens is 2. The highest BCUT2D eigenvalue weighted by Crippen LogP contribution is 2.16. The second-order valence-corrected chi connectivity index (χ2v) is 5.88. The SMILES string of the molecule is COc1ccc(OCCNc2nccc(C(=O)NCc3ccccc3)n2)cc1. The van der Waals surface area contributed by atoms with Gasteiger partial charge in [-0.05, 0) is 35.9 Å². The van der Waals surface area contributed by atoms with Gasteiger partial charge in [0.25, 0.3) is 5.91 Å². The van der Waals surface area contributed by atoms with Crippen LogP contribution in [0.4, 0.5) is 5.95 Å². The highest BCUT2D eigenvalue weighted by molar-refractivity contribution is 5.92. The molecule has 0 fully saturated rings. The molecule has 0 atom stereocenters. The van der Waals surface area contributed by atoms with Gasteiger partial charge in [0.15, 0.2) is 0 Å². The lowest BCUT2D eigenvalue weighted by atomic mass is 10.2. The fourth-order valence-corrected chi connectivity index (χ4v) is 2.44. The van der Waals surface area contributed by atoms with Gasteiger partial charge in [-0.3, -0.25) is 4.79 Å². The Morgan fingerprint density at radius 2 is 1.75 bits per heavy atom. The summed E-state index contributed by atoms with van der Waals surface area (Å²) in [6, 6.07) is 18.6. The molecule has 0 saturated heterocycles. The van der Waals surface area contributed by atoms with Crippen molar-refractivity contribution >= 4 is 11.9 Å². The lowest BCUT2D eigenvalue weighted by Crippen LogP contribution is -2.24. The first-order valence-electron chi connectivity index (χ1n) is 8.90. The van der Waals surface area contributed by atoms with Gasteiger partial charge >= 0.3 is 0 Å². The van der Waals surface area contributed by atoms with Crippen molar-refractivity contribution in [2.24, 2.45) is 0 Å². The summed E-state index contributed by atoms with van der Waals surface area (Å²) in [6.07, 6.45) is 1.55. The standard InChI is InChI=1S/C21H22N4O3/c1-27-17-7-9-18(10-8-17)28-14-13-23-21-22-12-11-19(25-21)20(26)24-15-16-5-3-2-4-6-16/h2-12H,13-15H2,1H3,(H,24,26)(H,22,23,25). The van der Waals surface area contributed by atoms with Gasteiger partial charge in [0.2, 0.25) is 5.95 Å². The number of amides is 1. The van der Waals surface area contributed by atoms with Gasteiger partial charge in [0.1, 0.15) is 23.8 Å². The quantitative estimate of drug-likeness (QED) is 0.557. The van der Waals surface area contributed by atoms with E-state index in [2.05, 4.69) is 20.6 Å². The Bertz CT molecular complexity index is 886. The molecule has 0 spiro atoms. The zero-order valence-electron chi connectivity index (χ0n) is 15.6. The highest BCUT2D eigenvalue weighted by Gasteiger charge is 2.08. The smallest absolute Gasteiger partial charge is 0.270 e. The molecule has 3 aromatic rings. The van der Waals surface area contributed by atoms with Crippen LogP contribution in [0.15, 0.2) is 66.9 Å². The van der Waals surface area contributed by atoms with Gasteiger partial charge in [-0.15, -0.1) is 0 Å². The molecule has 2 aromatic carbocycles. The normalized spacial score (nSPS) is 10.2. The molecule has 0 bridgehead atoms. The summed E-state index contributed by atoms with van der Waals surface area (Å²) in [5.74, 6) is 1.66. The predicted octanol–water partition coefficient (Wildman–Crippen LogP) is 2.91. The summed E-state index contributed by atoms with van der Waals surface area (Å²) >= 11 is 0. The summed E-state index contributed by atoms with van der Waals surface area (Å²) in [5, 5.41) is 5.90. The van der Waals surface area contributed by atoms with Crippen LogP contribution in [0.2, 0.25) is 0 Å². The number of methoxy groups -OCH3 is 1. The predicted molar refractivity (Wildman–Crippen MR) is 107 cm³/mol. The van der Waals surface area contributed by atoms with Crippen molar-refractivity contribution in [2.75, 3.05) is 25.6 Å². The van der Waals surface area contributed by atoms with E-state index in [1.54, 1.807) is 19.4 Å². The zero-order chi connectivity index (χ0) is 19.6. The van der Waals surface area contributed by atoms with Crippen LogP contribution in [0.25, 0.3) is 0 Å². The van der Waals surface area contributed by atoms with Crippen LogP contribution in [0, 0.1) is 0 Å². The second kappa shape index (κ2) is 9.91. The summed E-state index contributed by atoms with van der Waals surface area (Å²) in [4.78, 5) is 20.7. The molecule has 2 N–H and O–H groups in total. The number of anilines is 1. The second-order valence-electron chi connectivity index (χ2n) is 5.88. The number of carbonyl (C=O) groups is 1. The highest BCUT2D eigenvalue weighted by atomic mass is 16.5.